The van der Waals surface area contributed by atoms with Crippen molar-refractivity contribution >= 4 is 11.8 Å². The summed E-state index contributed by atoms with van der Waals surface area (Å²) in [4.78, 5) is 24.1. The van der Waals surface area contributed by atoms with Crippen molar-refractivity contribution in [1.82, 2.24) is 0 Å². The fraction of sp³-hybridized carbons (Fsp3) is 0.636. The Bertz CT molecular complexity index is 559. The van der Waals surface area contributed by atoms with Gasteiger partial charge in [-0.25, -0.2) is 0 Å². The maximum Gasteiger partial charge on any atom is 0.305 e. The van der Waals surface area contributed by atoms with Gasteiger partial charge < -0.3 is 10.5 Å². The zero-order chi connectivity index (χ0) is 18.8. The minimum absolute atomic E-state index is 0.0999. The average molecular weight is 360 g/mol. The number of Topliss-reactive ketones (excluding diaryl/α,β-unsaturated/α-hetero) is 1. The first-order chi connectivity index (χ1) is 12.6. The summed E-state index contributed by atoms with van der Waals surface area (Å²) < 4.78 is 5.22. The summed E-state index contributed by atoms with van der Waals surface area (Å²) in [6.45, 7) is 3.27. The zero-order valence-electron chi connectivity index (χ0n) is 16.0. The van der Waals surface area contributed by atoms with Crippen molar-refractivity contribution in [1.29, 1.82) is 0 Å². The Kier molecular flexibility index (Phi) is 8.82. The van der Waals surface area contributed by atoms with Gasteiger partial charge >= 0.3 is 5.97 Å². The molecule has 0 saturated heterocycles. The summed E-state index contributed by atoms with van der Waals surface area (Å²) >= 11 is 0. The Morgan fingerprint density at radius 3 is 2.38 bits per heavy atom. The second kappa shape index (κ2) is 11.1. The summed E-state index contributed by atoms with van der Waals surface area (Å²) in [6, 6.07) is 7.94. The van der Waals surface area contributed by atoms with Crippen molar-refractivity contribution < 1.29 is 14.3 Å². The molecule has 0 atom stereocenters. The van der Waals surface area contributed by atoms with E-state index < -0.39 is 0 Å². The van der Waals surface area contributed by atoms with E-state index >= 15 is 0 Å². The molecule has 0 aliphatic heterocycles. The lowest BCUT2D eigenvalue weighted by Gasteiger charge is -2.26. The largest absolute Gasteiger partial charge is 0.466 e. The van der Waals surface area contributed by atoms with E-state index in [4.69, 9.17) is 10.5 Å². The van der Waals surface area contributed by atoms with Gasteiger partial charge in [0.1, 0.15) is 0 Å². The highest BCUT2D eigenvalue weighted by Gasteiger charge is 2.26. The Labute approximate surface area is 157 Å². The molecule has 0 spiro atoms. The van der Waals surface area contributed by atoms with Crippen molar-refractivity contribution in [2.24, 2.45) is 17.6 Å². The van der Waals surface area contributed by atoms with Crippen LogP contribution in [0.3, 0.4) is 0 Å². The molecule has 1 aliphatic carbocycles. The molecule has 1 fully saturated rings. The molecule has 2 rings (SSSR count). The first kappa shape index (κ1) is 20.6. The predicted molar refractivity (Wildman–Crippen MR) is 104 cm³/mol. The smallest absolute Gasteiger partial charge is 0.305 e. The van der Waals surface area contributed by atoms with Crippen LogP contribution >= 0.6 is 0 Å². The number of esters is 1. The standard InChI is InChI=1S/C22H33NO3/c1-2-3-6-21(24)26-15-4-5-17-7-11-19(12-8-17)22(25)20-13-9-18(16-23)10-14-20/h7-8,11-12,18,20H,2-6,9-10,13-16,23H2,1H3. The summed E-state index contributed by atoms with van der Waals surface area (Å²) in [5.41, 5.74) is 7.72. The lowest BCUT2D eigenvalue weighted by molar-refractivity contribution is -0.143. The summed E-state index contributed by atoms with van der Waals surface area (Å²) in [6.07, 6.45) is 8.16. The number of carbonyl (C=O) groups excluding carboxylic acids is 2. The molecule has 0 bridgehead atoms. The van der Waals surface area contributed by atoms with Gasteiger partial charge in [0.05, 0.1) is 6.61 Å². The number of aryl methyl sites for hydroxylation is 1. The van der Waals surface area contributed by atoms with Crippen LogP contribution in [-0.4, -0.2) is 24.9 Å². The van der Waals surface area contributed by atoms with Gasteiger partial charge in [-0.15, -0.1) is 0 Å². The van der Waals surface area contributed by atoms with Gasteiger partial charge in [-0.05, 0) is 63.0 Å². The molecule has 0 heterocycles. The number of ether oxygens (including phenoxy) is 1. The van der Waals surface area contributed by atoms with E-state index in [0.29, 0.717) is 18.9 Å². The van der Waals surface area contributed by atoms with Crippen molar-refractivity contribution in [3.8, 4) is 0 Å². The van der Waals surface area contributed by atoms with Crippen LogP contribution in [0, 0.1) is 11.8 Å². The maximum atomic E-state index is 12.6. The topological polar surface area (TPSA) is 69.4 Å². The van der Waals surface area contributed by atoms with Gasteiger partial charge in [0.25, 0.3) is 0 Å². The van der Waals surface area contributed by atoms with Crippen LogP contribution in [0.15, 0.2) is 24.3 Å². The monoisotopic (exact) mass is 359 g/mol. The first-order valence-corrected chi connectivity index (χ1v) is 10.1. The number of carbonyl (C=O) groups is 2. The minimum Gasteiger partial charge on any atom is -0.466 e. The van der Waals surface area contributed by atoms with Gasteiger partial charge in [0.15, 0.2) is 5.78 Å². The van der Waals surface area contributed by atoms with E-state index in [9.17, 15) is 9.59 Å². The molecule has 1 saturated carbocycles. The number of rotatable bonds is 10. The van der Waals surface area contributed by atoms with Crippen molar-refractivity contribution in [2.45, 2.75) is 64.7 Å². The molecule has 2 N–H and O–H groups in total. The quantitative estimate of drug-likeness (QED) is 0.384. The molecular formula is C22H33NO3. The Balaban J connectivity index is 1.72. The number of hydrogen-bond donors (Lipinski definition) is 1. The first-order valence-electron chi connectivity index (χ1n) is 10.1. The van der Waals surface area contributed by atoms with Crippen molar-refractivity contribution in [2.75, 3.05) is 13.2 Å². The van der Waals surface area contributed by atoms with Crippen LogP contribution in [0.1, 0.15) is 74.2 Å². The molecule has 4 nitrogen and oxygen atoms in total. The molecule has 1 aliphatic rings. The van der Waals surface area contributed by atoms with Crippen LogP contribution < -0.4 is 5.73 Å². The van der Waals surface area contributed by atoms with Gasteiger partial charge in [0, 0.05) is 17.9 Å². The van der Waals surface area contributed by atoms with Crippen LogP contribution in [-0.2, 0) is 16.0 Å². The molecule has 1 aromatic carbocycles. The lowest BCUT2D eigenvalue weighted by Crippen LogP contribution is -2.25. The van der Waals surface area contributed by atoms with Gasteiger partial charge in [-0.2, -0.15) is 0 Å². The van der Waals surface area contributed by atoms with E-state index in [0.717, 1.165) is 63.5 Å². The third-order valence-electron chi connectivity index (χ3n) is 5.40. The van der Waals surface area contributed by atoms with Gasteiger partial charge in [0.2, 0.25) is 0 Å². The summed E-state index contributed by atoms with van der Waals surface area (Å²) in [5, 5.41) is 0. The molecule has 0 amide bonds. The highest BCUT2D eigenvalue weighted by molar-refractivity contribution is 5.97. The Morgan fingerprint density at radius 1 is 1.08 bits per heavy atom. The van der Waals surface area contributed by atoms with Crippen molar-refractivity contribution in [3.05, 3.63) is 35.4 Å². The highest BCUT2D eigenvalue weighted by atomic mass is 16.5. The maximum absolute atomic E-state index is 12.6. The van der Waals surface area contributed by atoms with Crippen LogP contribution in [0.4, 0.5) is 0 Å². The Morgan fingerprint density at radius 2 is 1.77 bits per heavy atom. The number of nitrogens with two attached hydrogens (primary N) is 1. The number of ketones is 1. The molecule has 26 heavy (non-hydrogen) atoms. The average Bonchev–Trinajstić information content (AvgIpc) is 2.69. The normalized spacial score (nSPS) is 19.9. The zero-order valence-corrected chi connectivity index (χ0v) is 16.0. The fourth-order valence-corrected chi connectivity index (χ4v) is 3.59. The van der Waals surface area contributed by atoms with Crippen molar-refractivity contribution in [3.63, 3.8) is 0 Å². The number of benzene rings is 1. The number of unbranched alkanes of at least 4 members (excludes halogenated alkanes) is 1. The van der Waals surface area contributed by atoms with Gasteiger partial charge in [-0.3, -0.25) is 9.59 Å². The van der Waals surface area contributed by atoms with E-state index in [1.165, 1.54) is 5.56 Å². The fourth-order valence-electron chi connectivity index (χ4n) is 3.59. The summed E-state index contributed by atoms with van der Waals surface area (Å²) in [7, 11) is 0. The molecule has 0 unspecified atom stereocenters. The third kappa shape index (κ3) is 6.56. The minimum atomic E-state index is -0.0999. The lowest BCUT2D eigenvalue weighted by atomic mass is 9.78. The van der Waals surface area contributed by atoms with Crippen LogP contribution in [0.2, 0.25) is 0 Å². The number of hydrogen-bond acceptors (Lipinski definition) is 4. The second-order valence-corrected chi connectivity index (χ2v) is 7.44. The Hall–Kier alpha value is -1.68. The SMILES string of the molecule is CCCCC(=O)OCCCc1ccc(C(=O)C2CCC(CN)CC2)cc1. The molecule has 144 valence electrons. The molecule has 0 aromatic heterocycles. The molecular weight excluding hydrogens is 326 g/mol. The molecule has 4 heteroatoms. The van der Waals surface area contributed by atoms with E-state index in [1.807, 2.05) is 24.3 Å². The van der Waals surface area contributed by atoms with E-state index in [1.54, 1.807) is 0 Å². The predicted octanol–water partition coefficient (Wildman–Crippen LogP) is 4.30. The van der Waals surface area contributed by atoms with E-state index in [-0.39, 0.29) is 17.7 Å². The summed E-state index contributed by atoms with van der Waals surface area (Å²) in [5.74, 6) is 0.928. The second-order valence-electron chi connectivity index (χ2n) is 7.44. The third-order valence-corrected chi connectivity index (χ3v) is 5.40. The van der Waals surface area contributed by atoms with Crippen LogP contribution in [0.5, 0.6) is 0 Å². The van der Waals surface area contributed by atoms with Crippen LogP contribution in [0.25, 0.3) is 0 Å². The van der Waals surface area contributed by atoms with E-state index in [2.05, 4.69) is 6.92 Å². The molecule has 1 aromatic rings. The highest BCUT2D eigenvalue weighted by Crippen LogP contribution is 2.30. The van der Waals surface area contributed by atoms with Gasteiger partial charge in [-0.1, -0.05) is 37.6 Å². The molecule has 0 radical (unpaired) electrons.